The zero-order valence-corrected chi connectivity index (χ0v) is 20.7. The molecule has 3 aromatic rings. The SMILES string of the molecule is C=C(/C=C(\C=C(/C)OC)OC)Nc1nc2ccccc2nc1NS(=O)(=O)c1cccc(NC(N)=O)c1. The molecule has 1 aromatic heterocycles. The molecule has 0 aliphatic rings. The Morgan fingerprint density at radius 3 is 2.25 bits per heavy atom. The summed E-state index contributed by atoms with van der Waals surface area (Å²) in [6, 6.07) is 11.8. The first kappa shape index (κ1) is 26.0. The molecule has 2 aromatic carbocycles. The van der Waals surface area contributed by atoms with Crippen LogP contribution in [0.15, 0.2) is 89.4 Å². The number of primary amides is 1. The number of carbonyl (C=O) groups is 1. The summed E-state index contributed by atoms with van der Waals surface area (Å²) in [6.45, 7) is 5.71. The Hall–Kier alpha value is -4.58. The zero-order chi connectivity index (χ0) is 26.3. The second-order valence-corrected chi connectivity index (χ2v) is 9.07. The molecule has 12 heteroatoms. The van der Waals surface area contributed by atoms with E-state index in [-0.39, 0.29) is 22.2 Å². The Morgan fingerprint density at radius 2 is 1.64 bits per heavy atom. The number of rotatable bonds is 10. The van der Waals surface area contributed by atoms with Gasteiger partial charge < -0.3 is 25.8 Å². The van der Waals surface area contributed by atoms with Crippen molar-refractivity contribution in [1.82, 2.24) is 9.97 Å². The van der Waals surface area contributed by atoms with Crippen LogP contribution < -0.4 is 21.1 Å². The van der Waals surface area contributed by atoms with Gasteiger partial charge in [-0.05, 0) is 37.3 Å². The normalized spacial score (nSPS) is 12.1. The summed E-state index contributed by atoms with van der Waals surface area (Å²) in [5, 5.41) is 5.32. The van der Waals surface area contributed by atoms with Crippen molar-refractivity contribution >= 4 is 44.4 Å². The monoisotopic (exact) mass is 510 g/mol. The molecule has 2 amide bonds. The molecule has 3 rings (SSSR count). The van der Waals surface area contributed by atoms with Gasteiger partial charge in [-0.1, -0.05) is 24.8 Å². The van der Waals surface area contributed by atoms with Crippen LogP contribution in [0.2, 0.25) is 0 Å². The highest BCUT2D eigenvalue weighted by atomic mass is 32.2. The predicted octanol–water partition coefficient (Wildman–Crippen LogP) is 3.93. The van der Waals surface area contributed by atoms with Crippen LogP contribution in [-0.4, -0.2) is 38.6 Å². The van der Waals surface area contributed by atoms with E-state index in [0.29, 0.717) is 28.2 Å². The minimum Gasteiger partial charge on any atom is -0.501 e. The van der Waals surface area contributed by atoms with E-state index in [9.17, 15) is 13.2 Å². The molecule has 5 N–H and O–H groups in total. The molecule has 36 heavy (non-hydrogen) atoms. The quantitative estimate of drug-likeness (QED) is 0.236. The van der Waals surface area contributed by atoms with Crippen molar-refractivity contribution in [2.75, 3.05) is 29.6 Å². The summed E-state index contributed by atoms with van der Waals surface area (Å²) in [4.78, 5) is 20.0. The van der Waals surface area contributed by atoms with E-state index >= 15 is 0 Å². The third kappa shape index (κ3) is 6.73. The number of anilines is 3. The zero-order valence-electron chi connectivity index (χ0n) is 19.9. The lowest BCUT2D eigenvalue weighted by molar-refractivity contribution is 0.259. The smallest absolute Gasteiger partial charge is 0.316 e. The van der Waals surface area contributed by atoms with Crippen molar-refractivity contribution in [3.05, 3.63) is 84.5 Å². The van der Waals surface area contributed by atoms with E-state index < -0.39 is 16.1 Å². The van der Waals surface area contributed by atoms with Gasteiger partial charge in [0.1, 0.15) is 5.76 Å². The Labute approximate surface area is 208 Å². The van der Waals surface area contributed by atoms with Gasteiger partial charge in [0.15, 0.2) is 11.6 Å². The number of amides is 2. The van der Waals surface area contributed by atoms with Crippen molar-refractivity contribution in [3.63, 3.8) is 0 Å². The topological polar surface area (TPSA) is 158 Å². The number of sulfonamides is 1. The average Bonchev–Trinajstić information content (AvgIpc) is 2.83. The maximum atomic E-state index is 13.2. The number of urea groups is 1. The van der Waals surface area contributed by atoms with Gasteiger partial charge in [0.05, 0.1) is 35.9 Å². The Morgan fingerprint density at radius 1 is 0.972 bits per heavy atom. The number of nitrogens with two attached hydrogens (primary N) is 1. The van der Waals surface area contributed by atoms with Gasteiger partial charge in [0, 0.05) is 23.5 Å². The highest BCUT2D eigenvalue weighted by molar-refractivity contribution is 7.92. The second kappa shape index (κ2) is 11.2. The van der Waals surface area contributed by atoms with E-state index in [1.54, 1.807) is 43.3 Å². The van der Waals surface area contributed by atoms with Gasteiger partial charge in [0.25, 0.3) is 10.0 Å². The van der Waals surface area contributed by atoms with Crippen LogP contribution in [0.4, 0.5) is 22.1 Å². The largest absolute Gasteiger partial charge is 0.501 e. The lowest BCUT2D eigenvalue weighted by atomic mass is 10.3. The standard InChI is InChI=1S/C24H26N6O5S/c1-15(12-18(35-4)13-16(2)34-3)26-22-23(29-21-11-6-5-10-20(21)28-22)30-36(32,33)19-9-7-8-17(14-19)27-24(25)31/h5-14H,1H2,2-4H3,(H,26,28)(H,29,30)(H3,25,27,31)/b16-13+,18-12+. The van der Waals surface area contributed by atoms with E-state index in [1.807, 2.05) is 0 Å². The van der Waals surface area contributed by atoms with Crippen LogP contribution >= 0.6 is 0 Å². The van der Waals surface area contributed by atoms with Gasteiger partial charge in [-0.25, -0.2) is 23.2 Å². The molecule has 0 aliphatic carbocycles. The Balaban J connectivity index is 1.99. The number of hydrogen-bond donors (Lipinski definition) is 4. The number of nitrogens with zero attached hydrogens (tertiary/aromatic N) is 2. The molecular formula is C24H26N6O5S. The maximum absolute atomic E-state index is 13.2. The lowest BCUT2D eigenvalue weighted by Crippen LogP contribution is -2.20. The minimum absolute atomic E-state index is 0.0564. The molecule has 11 nitrogen and oxygen atoms in total. The van der Waals surface area contributed by atoms with Crippen LogP contribution in [0, 0.1) is 0 Å². The second-order valence-electron chi connectivity index (χ2n) is 7.39. The van der Waals surface area contributed by atoms with Gasteiger partial charge in [-0.3, -0.25) is 4.72 Å². The van der Waals surface area contributed by atoms with Gasteiger partial charge >= 0.3 is 6.03 Å². The van der Waals surface area contributed by atoms with Gasteiger partial charge in [-0.15, -0.1) is 0 Å². The summed E-state index contributed by atoms with van der Waals surface area (Å²) in [5.74, 6) is 1.12. The summed E-state index contributed by atoms with van der Waals surface area (Å²) in [6.07, 6.45) is 3.26. The fraction of sp³-hybridized carbons (Fsp3) is 0.125. The summed E-state index contributed by atoms with van der Waals surface area (Å²) in [7, 11) is -1.09. The van der Waals surface area contributed by atoms with Crippen LogP contribution in [0.3, 0.4) is 0 Å². The molecule has 0 radical (unpaired) electrons. The van der Waals surface area contributed by atoms with Crippen molar-refractivity contribution in [2.24, 2.45) is 5.73 Å². The van der Waals surface area contributed by atoms with Crippen molar-refractivity contribution in [1.29, 1.82) is 0 Å². The van der Waals surface area contributed by atoms with Gasteiger partial charge in [-0.2, -0.15) is 0 Å². The van der Waals surface area contributed by atoms with Crippen molar-refractivity contribution in [2.45, 2.75) is 11.8 Å². The average molecular weight is 511 g/mol. The molecule has 0 spiro atoms. The number of benzene rings is 2. The molecule has 0 bridgehead atoms. The Bertz CT molecular complexity index is 1470. The molecule has 0 aliphatic heterocycles. The number of fused-ring (bicyclic) bond motifs is 1. The summed E-state index contributed by atoms with van der Waals surface area (Å²) < 4.78 is 39.3. The fourth-order valence-electron chi connectivity index (χ4n) is 3.01. The fourth-order valence-corrected chi connectivity index (χ4v) is 4.06. The van der Waals surface area contributed by atoms with Crippen LogP contribution in [-0.2, 0) is 19.5 Å². The summed E-state index contributed by atoms with van der Waals surface area (Å²) >= 11 is 0. The highest BCUT2D eigenvalue weighted by Crippen LogP contribution is 2.26. The van der Waals surface area contributed by atoms with Crippen molar-refractivity contribution < 1.29 is 22.7 Å². The summed E-state index contributed by atoms with van der Waals surface area (Å²) in [5.41, 5.74) is 6.71. The number of carbonyl (C=O) groups excluding carboxylic acids is 1. The highest BCUT2D eigenvalue weighted by Gasteiger charge is 2.20. The van der Waals surface area contributed by atoms with E-state index in [0.717, 1.165) is 0 Å². The number of para-hydroxylation sites is 2. The molecule has 0 fully saturated rings. The van der Waals surface area contributed by atoms with Gasteiger partial charge in [0.2, 0.25) is 0 Å². The third-order valence-corrected chi connectivity index (χ3v) is 6.05. The number of methoxy groups -OCH3 is 2. The first-order valence-corrected chi connectivity index (χ1v) is 12.0. The first-order chi connectivity index (χ1) is 17.1. The minimum atomic E-state index is -4.13. The molecule has 1 heterocycles. The predicted molar refractivity (Wildman–Crippen MR) is 139 cm³/mol. The Kier molecular flexibility index (Phi) is 8.12. The number of nitrogens with one attached hydrogen (secondary N) is 3. The van der Waals surface area contributed by atoms with E-state index in [1.165, 1.54) is 38.5 Å². The first-order valence-electron chi connectivity index (χ1n) is 10.5. The third-order valence-electron chi connectivity index (χ3n) is 4.71. The van der Waals surface area contributed by atoms with Crippen LogP contribution in [0.25, 0.3) is 11.0 Å². The molecular weight excluding hydrogens is 484 g/mol. The molecule has 188 valence electrons. The molecule has 0 unspecified atom stereocenters. The number of hydrogen-bond acceptors (Lipinski definition) is 8. The maximum Gasteiger partial charge on any atom is 0.316 e. The number of allylic oxidation sites excluding steroid dienone is 3. The van der Waals surface area contributed by atoms with Crippen LogP contribution in [0.5, 0.6) is 0 Å². The van der Waals surface area contributed by atoms with Crippen molar-refractivity contribution in [3.8, 4) is 0 Å². The lowest BCUT2D eigenvalue weighted by Gasteiger charge is -2.15. The number of ether oxygens (including phenoxy) is 2. The number of aromatic nitrogens is 2. The van der Waals surface area contributed by atoms with E-state index in [4.69, 9.17) is 15.2 Å². The molecule has 0 saturated heterocycles. The molecule has 0 saturated carbocycles. The molecule has 0 atom stereocenters. The van der Waals surface area contributed by atoms with Crippen LogP contribution in [0.1, 0.15) is 6.92 Å². The van der Waals surface area contributed by atoms with E-state index in [2.05, 4.69) is 31.9 Å².